The second-order valence-electron chi connectivity index (χ2n) is 5.65. The van der Waals surface area contributed by atoms with E-state index >= 15 is 0 Å². The van der Waals surface area contributed by atoms with E-state index in [9.17, 15) is 4.79 Å². The molecule has 0 saturated heterocycles. The summed E-state index contributed by atoms with van der Waals surface area (Å²) in [4.78, 5) is 12.4. The number of amides is 1. The van der Waals surface area contributed by atoms with E-state index < -0.39 is 6.10 Å². The molecule has 0 aliphatic heterocycles. The number of carbonyl (C=O) groups is 1. The van der Waals surface area contributed by atoms with Crippen molar-refractivity contribution in [1.29, 1.82) is 0 Å². The van der Waals surface area contributed by atoms with Crippen molar-refractivity contribution in [2.45, 2.75) is 40.2 Å². The molecule has 2 aromatic rings. The Morgan fingerprint density at radius 2 is 1.73 bits per heavy atom. The Morgan fingerprint density at radius 1 is 1.09 bits per heavy atom. The molecule has 0 radical (unpaired) electrons. The number of aryl methyl sites for hydroxylation is 3. The Hall–Kier alpha value is -2.29. The SMILES string of the molecule is CC[C@@H](Oc1ccccc1C)C(=O)Nc1cc(C)cc(C)c1. The largest absolute Gasteiger partial charge is 0.480 e. The standard InChI is InChI=1S/C19H23NO2/c1-5-17(22-18-9-7-6-8-15(18)4)19(21)20-16-11-13(2)10-14(3)12-16/h6-12,17H,5H2,1-4H3,(H,20,21)/t17-/m1/s1. The third-order valence-corrected chi connectivity index (χ3v) is 3.52. The van der Waals surface area contributed by atoms with Crippen LogP contribution in [-0.4, -0.2) is 12.0 Å². The Bertz CT molecular complexity index is 644. The highest BCUT2D eigenvalue weighted by molar-refractivity contribution is 5.94. The third kappa shape index (κ3) is 4.10. The van der Waals surface area contributed by atoms with Gasteiger partial charge in [0, 0.05) is 5.69 Å². The zero-order valence-corrected chi connectivity index (χ0v) is 13.6. The predicted octanol–water partition coefficient (Wildman–Crippen LogP) is 4.41. The van der Waals surface area contributed by atoms with E-state index in [0.717, 1.165) is 28.1 Å². The van der Waals surface area contributed by atoms with Gasteiger partial charge in [0.25, 0.3) is 5.91 Å². The fraction of sp³-hybridized carbons (Fsp3) is 0.316. The van der Waals surface area contributed by atoms with Gasteiger partial charge in [-0.25, -0.2) is 0 Å². The Kier molecular flexibility index (Phi) is 5.21. The zero-order chi connectivity index (χ0) is 16.1. The van der Waals surface area contributed by atoms with Crippen LogP contribution in [0, 0.1) is 20.8 Å². The molecule has 0 unspecified atom stereocenters. The number of rotatable bonds is 5. The maximum atomic E-state index is 12.4. The smallest absolute Gasteiger partial charge is 0.265 e. The minimum atomic E-state index is -0.498. The van der Waals surface area contributed by atoms with Crippen LogP contribution in [0.1, 0.15) is 30.0 Å². The van der Waals surface area contributed by atoms with Crippen molar-refractivity contribution in [1.82, 2.24) is 0 Å². The molecule has 3 heteroatoms. The maximum absolute atomic E-state index is 12.4. The lowest BCUT2D eigenvalue weighted by Crippen LogP contribution is -2.32. The van der Waals surface area contributed by atoms with Gasteiger partial charge in [0.05, 0.1) is 0 Å². The number of hydrogen-bond acceptors (Lipinski definition) is 2. The van der Waals surface area contributed by atoms with E-state index in [1.54, 1.807) is 0 Å². The molecule has 0 aromatic heterocycles. The second-order valence-corrected chi connectivity index (χ2v) is 5.65. The van der Waals surface area contributed by atoms with Gasteiger partial charge >= 0.3 is 0 Å². The molecule has 1 atom stereocenters. The van der Waals surface area contributed by atoms with Crippen molar-refractivity contribution in [3.05, 3.63) is 59.2 Å². The minimum Gasteiger partial charge on any atom is -0.480 e. The molecule has 116 valence electrons. The molecule has 0 spiro atoms. The summed E-state index contributed by atoms with van der Waals surface area (Å²) in [6.45, 7) is 7.96. The highest BCUT2D eigenvalue weighted by Crippen LogP contribution is 2.20. The fourth-order valence-corrected chi connectivity index (χ4v) is 2.43. The monoisotopic (exact) mass is 297 g/mol. The van der Waals surface area contributed by atoms with E-state index in [4.69, 9.17) is 4.74 Å². The first-order chi connectivity index (χ1) is 10.5. The third-order valence-electron chi connectivity index (χ3n) is 3.52. The summed E-state index contributed by atoms with van der Waals surface area (Å²) in [5.74, 6) is 0.640. The number of nitrogens with one attached hydrogen (secondary N) is 1. The first-order valence-electron chi connectivity index (χ1n) is 7.61. The molecule has 0 aliphatic carbocycles. The minimum absolute atomic E-state index is 0.115. The molecular formula is C19H23NO2. The van der Waals surface area contributed by atoms with Crippen LogP contribution in [0.3, 0.4) is 0 Å². The lowest BCUT2D eigenvalue weighted by molar-refractivity contribution is -0.122. The van der Waals surface area contributed by atoms with Crippen LogP contribution in [0.2, 0.25) is 0 Å². The van der Waals surface area contributed by atoms with Gasteiger partial charge in [-0.2, -0.15) is 0 Å². The Balaban J connectivity index is 2.10. The van der Waals surface area contributed by atoms with Gasteiger partial charge < -0.3 is 10.1 Å². The summed E-state index contributed by atoms with van der Waals surface area (Å²) in [7, 11) is 0. The average Bonchev–Trinajstić information content (AvgIpc) is 2.45. The van der Waals surface area contributed by atoms with Crippen LogP contribution < -0.4 is 10.1 Å². The van der Waals surface area contributed by atoms with E-state index in [1.807, 2.05) is 64.1 Å². The van der Waals surface area contributed by atoms with E-state index in [1.165, 1.54) is 0 Å². The number of hydrogen-bond donors (Lipinski definition) is 1. The molecule has 3 nitrogen and oxygen atoms in total. The normalized spacial score (nSPS) is 11.8. The quantitative estimate of drug-likeness (QED) is 0.888. The maximum Gasteiger partial charge on any atom is 0.265 e. The highest BCUT2D eigenvalue weighted by atomic mass is 16.5. The van der Waals surface area contributed by atoms with Gasteiger partial charge in [-0.15, -0.1) is 0 Å². The van der Waals surface area contributed by atoms with Crippen molar-refractivity contribution in [3.8, 4) is 5.75 Å². The molecule has 0 fully saturated rings. The van der Waals surface area contributed by atoms with Crippen LogP contribution in [0.15, 0.2) is 42.5 Å². The number of para-hydroxylation sites is 1. The molecule has 0 saturated carbocycles. The molecule has 1 N–H and O–H groups in total. The summed E-state index contributed by atoms with van der Waals surface area (Å²) >= 11 is 0. The lowest BCUT2D eigenvalue weighted by Gasteiger charge is -2.19. The molecular weight excluding hydrogens is 274 g/mol. The van der Waals surface area contributed by atoms with Crippen molar-refractivity contribution >= 4 is 11.6 Å². The second kappa shape index (κ2) is 7.12. The van der Waals surface area contributed by atoms with Gasteiger partial charge in [-0.3, -0.25) is 4.79 Å². The number of ether oxygens (including phenoxy) is 1. The number of anilines is 1. The lowest BCUT2D eigenvalue weighted by atomic mass is 10.1. The summed E-state index contributed by atoms with van der Waals surface area (Å²) in [5.41, 5.74) is 4.10. The fourth-order valence-electron chi connectivity index (χ4n) is 2.43. The van der Waals surface area contributed by atoms with Gasteiger partial charge in [-0.1, -0.05) is 31.2 Å². The van der Waals surface area contributed by atoms with E-state index in [-0.39, 0.29) is 5.91 Å². The van der Waals surface area contributed by atoms with Crippen molar-refractivity contribution in [3.63, 3.8) is 0 Å². The van der Waals surface area contributed by atoms with Crippen LogP contribution in [0.25, 0.3) is 0 Å². The molecule has 0 heterocycles. The van der Waals surface area contributed by atoms with Crippen LogP contribution in [-0.2, 0) is 4.79 Å². The molecule has 0 aliphatic rings. The topological polar surface area (TPSA) is 38.3 Å². The molecule has 2 aromatic carbocycles. The van der Waals surface area contributed by atoms with Crippen LogP contribution >= 0.6 is 0 Å². The van der Waals surface area contributed by atoms with Crippen LogP contribution in [0.5, 0.6) is 5.75 Å². The predicted molar refractivity (Wildman–Crippen MR) is 90.4 cm³/mol. The van der Waals surface area contributed by atoms with Gasteiger partial charge in [-0.05, 0) is 62.1 Å². The first kappa shape index (κ1) is 16.1. The number of benzene rings is 2. The first-order valence-corrected chi connectivity index (χ1v) is 7.61. The van der Waals surface area contributed by atoms with Gasteiger partial charge in [0.15, 0.2) is 6.10 Å². The summed E-state index contributed by atoms with van der Waals surface area (Å²) < 4.78 is 5.88. The summed E-state index contributed by atoms with van der Waals surface area (Å²) in [6, 6.07) is 13.7. The van der Waals surface area contributed by atoms with E-state index in [2.05, 4.69) is 11.4 Å². The Morgan fingerprint density at radius 3 is 2.32 bits per heavy atom. The molecule has 1 amide bonds. The van der Waals surface area contributed by atoms with Crippen molar-refractivity contribution in [2.24, 2.45) is 0 Å². The molecule has 0 bridgehead atoms. The zero-order valence-electron chi connectivity index (χ0n) is 13.6. The van der Waals surface area contributed by atoms with Crippen molar-refractivity contribution in [2.75, 3.05) is 5.32 Å². The highest BCUT2D eigenvalue weighted by Gasteiger charge is 2.19. The number of carbonyl (C=O) groups excluding carboxylic acids is 1. The Labute approximate surface area is 132 Å². The summed E-state index contributed by atoms with van der Waals surface area (Å²) in [6.07, 6.45) is 0.118. The van der Waals surface area contributed by atoms with E-state index in [0.29, 0.717) is 6.42 Å². The molecule has 22 heavy (non-hydrogen) atoms. The average molecular weight is 297 g/mol. The van der Waals surface area contributed by atoms with Crippen molar-refractivity contribution < 1.29 is 9.53 Å². The summed E-state index contributed by atoms with van der Waals surface area (Å²) in [5, 5.41) is 2.95. The molecule has 2 rings (SSSR count). The van der Waals surface area contributed by atoms with Gasteiger partial charge in [0.1, 0.15) is 5.75 Å². The van der Waals surface area contributed by atoms with Gasteiger partial charge in [0.2, 0.25) is 0 Å². The van der Waals surface area contributed by atoms with Crippen LogP contribution in [0.4, 0.5) is 5.69 Å².